The Morgan fingerprint density at radius 3 is 0.863 bits per heavy atom. The average molecular weight is 1670 g/mol. The van der Waals surface area contributed by atoms with Crippen LogP contribution in [0.4, 0.5) is 13.2 Å². The normalized spacial score (nSPS) is 11.7. The van der Waals surface area contributed by atoms with E-state index in [2.05, 4.69) is 35.7 Å². The average Bonchev–Trinajstić information content (AvgIpc) is 1.64. The van der Waals surface area contributed by atoms with Gasteiger partial charge >= 0.3 is 17.9 Å². The lowest BCUT2D eigenvalue weighted by Gasteiger charge is -2.16. The highest BCUT2D eigenvalue weighted by Gasteiger charge is 2.25. The summed E-state index contributed by atoms with van der Waals surface area (Å²) in [6, 6.07) is 73.6. The first-order valence-electron chi connectivity index (χ1n) is 39.0. The van der Waals surface area contributed by atoms with Crippen molar-refractivity contribution in [3.63, 3.8) is 0 Å². The third kappa shape index (κ3) is 20.8. The fourth-order valence-corrected chi connectivity index (χ4v) is 14.0. The molecule has 0 bridgehead atoms. The minimum atomic E-state index is -0.985. The zero-order valence-corrected chi connectivity index (χ0v) is 67.6. The van der Waals surface area contributed by atoms with Gasteiger partial charge in [0.05, 0.1) is 122 Å². The summed E-state index contributed by atoms with van der Waals surface area (Å²) in [6.45, 7) is 9.15. The highest BCUT2D eigenvalue weighted by atomic mass is 19.1. The molecule has 3 N–H and O–H groups in total. The number of pyridine rings is 3. The monoisotopic (exact) mass is 1670 g/mol. The molecule has 0 fully saturated rings. The van der Waals surface area contributed by atoms with Crippen LogP contribution in [0.5, 0.6) is 17.6 Å². The summed E-state index contributed by atoms with van der Waals surface area (Å²) in [7, 11) is 4.88. The molecule has 15 aromatic rings. The summed E-state index contributed by atoms with van der Waals surface area (Å²) in [5.41, 5.74) is 14.7. The Balaban J connectivity index is 0.000000169. The van der Waals surface area contributed by atoms with Crippen molar-refractivity contribution in [2.24, 2.45) is 0 Å². The van der Waals surface area contributed by atoms with Gasteiger partial charge in [-0.3, -0.25) is 0 Å². The van der Waals surface area contributed by atoms with Gasteiger partial charge in [0, 0.05) is 110 Å². The molecule has 27 heteroatoms. The van der Waals surface area contributed by atoms with Gasteiger partial charge in [0.25, 0.3) is 0 Å². The molecule has 0 spiro atoms. The zero-order chi connectivity index (χ0) is 86.8. The number of aromatic nitrogens is 9. The number of hydrogen-bond donors (Lipinski definition) is 3. The van der Waals surface area contributed by atoms with Crippen molar-refractivity contribution in [1.29, 1.82) is 15.8 Å². The lowest BCUT2D eigenvalue weighted by atomic mass is 9.98. The van der Waals surface area contributed by atoms with E-state index in [1.165, 1.54) is 36.4 Å². The number of methoxy groups -OCH3 is 3. The topological polar surface area (TPSA) is 331 Å². The molecular formula is C97H85F3N12O12. The highest BCUT2D eigenvalue weighted by Crippen LogP contribution is 2.36. The highest BCUT2D eigenvalue weighted by molar-refractivity contribution is 5.94. The number of aromatic carboxylic acids is 3. The van der Waals surface area contributed by atoms with Gasteiger partial charge in [0.15, 0.2) is 0 Å². The molecule has 0 saturated heterocycles. The molecule has 6 heterocycles. The van der Waals surface area contributed by atoms with Crippen molar-refractivity contribution in [2.75, 3.05) is 41.2 Å². The Labute approximate surface area is 712 Å². The maximum absolute atomic E-state index is 14.2. The smallest absolute Gasteiger partial charge is 0.335 e. The summed E-state index contributed by atoms with van der Waals surface area (Å²) in [5, 5.41) is 55.1. The number of rotatable bonds is 30. The van der Waals surface area contributed by atoms with E-state index in [1.807, 2.05) is 141 Å². The predicted octanol–water partition coefficient (Wildman–Crippen LogP) is 19.2. The van der Waals surface area contributed by atoms with Crippen LogP contribution in [-0.4, -0.2) is 118 Å². The first-order chi connectivity index (χ1) is 59.6. The van der Waals surface area contributed by atoms with E-state index in [0.29, 0.717) is 90.9 Å². The number of nitrogens with zero attached hydrogens (tertiary/aromatic N) is 12. The maximum Gasteiger partial charge on any atom is 0.335 e. The number of nitriles is 3. The summed E-state index contributed by atoms with van der Waals surface area (Å²) in [5.74, 6) is -1.16. The van der Waals surface area contributed by atoms with Crippen LogP contribution < -0.4 is 14.2 Å². The molecule has 0 aliphatic carbocycles. The van der Waals surface area contributed by atoms with Crippen LogP contribution in [0.1, 0.15) is 145 Å². The van der Waals surface area contributed by atoms with Crippen molar-refractivity contribution in [3.05, 3.63) is 338 Å². The van der Waals surface area contributed by atoms with Crippen LogP contribution in [0.3, 0.4) is 0 Å². The van der Waals surface area contributed by atoms with Gasteiger partial charge in [-0.25, -0.2) is 57.5 Å². The van der Waals surface area contributed by atoms with Gasteiger partial charge < -0.3 is 57.4 Å². The largest absolute Gasteiger partial charge is 0.478 e. The first kappa shape index (κ1) is 88.1. The number of carbonyl (C=O) groups is 3. The lowest BCUT2D eigenvalue weighted by molar-refractivity contribution is 0.0686. The second kappa shape index (κ2) is 40.7. The molecule has 626 valence electrons. The molecular weight excluding hydrogens is 1580 g/mol. The Morgan fingerprint density at radius 1 is 0.363 bits per heavy atom. The summed E-state index contributed by atoms with van der Waals surface area (Å²) in [6.07, 6.45) is 0. The van der Waals surface area contributed by atoms with Crippen molar-refractivity contribution in [1.82, 2.24) is 43.6 Å². The van der Waals surface area contributed by atoms with E-state index < -0.39 is 35.4 Å². The van der Waals surface area contributed by atoms with Gasteiger partial charge in [-0.2, -0.15) is 15.8 Å². The first-order valence-corrected chi connectivity index (χ1v) is 39.0. The Hall–Kier alpha value is -15.2. The van der Waals surface area contributed by atoms with E-state index in [-0.39, 0.29) is 78.4 Å². The Kier molecular flexibility index (Phi) is 28.9. The third-order valence-corrected chi connectivity index (χ3v) is 20.8. The van der Waals surface area contributed by atoms with Gasteiger partial charge in [-0.05, 0) is 126 Å². The van der Waals surface area contributed by atoms with Crippen molar-refractivity contribution in [3.8, 4) is 69.6 Å². The molecule has 6 aromatic heterocycles. The second-order valence-electron chi connectivity index (χ2n) is 28.6. The van der Waals surface area contributed by atoms with Crippen molar-refractivity contribution in [2.45, 2.75) is 85.4 Å². The lowest BCUT2D eigenvalue weighted by Crippen LogP contribution is -2.11. The van der Waals surface area contributed by atoms with Gasteiger partial charge in [-0.1, -0.05) is 137 Å². The maximum atomic E-state index is 14.2. The number of carboxylic acid groups (broad SMARTS) is 3. The summed E-state index contributed by atoms with van der Waals surface area (Å²) in [4.78, 5) is 62.9. The summed E-state index contributed by atoms with van der Waals surface area (Å²) >= 11 is 0. The van der Waals surface area contributed by atoms with Crippen LogP contribution >= 0.6 is 0 Å². The number of fused-ring (bicyclic) bond motifs is 3. The van der Waals surface area contributed by atoms with E-state index in [1.54, 1.807) is 112 Å². The van der Waals surface area contributed by atoms with E-state index in [4.69, 9.17) is 59.2 Å². The number of ether oxygens (including phenoxy) is 6. The summed E-state index contributed by atoms with van der Waals surface area (Å²) < 4.78 is 81.8. The molecule has 124 heavy (non-hydrogen) atoms. The molecule has 0 radical (unpaired) electrons. The quantitative estimate of drug-likeness (QED) is 0.0376. The third-order valence-electron chi connectivity index (χ3n) is 20.8. The van der Waals surface area contributed by atoms with Crippen molar-refractivity contribution < 1.29 is 71.3 Å². The van der Waals surface area contributed by atoms with E-state index >= 15 is 0 Å². The SMILES string of the molecule is C.COCCn1c(C(C)c2ccc(-c3cccc(OCc4ccc(C#N)cc4F)n3)cc2)nc2ccc(C(=O)O)cc21.COCCn1c(C(C)c2ccc(-c3cccc(OCc4ccc(C#N)cc4F)n3)cc2)nc2ccc(C(=O)O)cc21.COCCn1c(C(C)c2ccc(-c3cccc(OCc4ccc(C#N)cc4F)n3)cc2)nc2ccc(C(=O)O)cc21. The number of benzene rings is 9. The molecule has 3 atom stereocenters. The molecule has 3 unspecified atom stereocenters. The molecule has 0 saturated carbocycles. The molecule has 0 aliphatic rings. The van der Waals surface area contributed by atoms with Crippen LogP contribution in [0.25, 0.3) is 66.9 Å². The number of halogens is 3. The Bertz CT molecular complexity index is 5900. The van der Waals surface area contributed by atoms with Crippen LogP contribution in [0.15, 0.2) is 237 Å². The van der Waals surface area contributed by atoms with Crippen LogP contribution in [0.2, 0.25) is 0 Å². The minimum Gasteiger partial charge on any atom is -0.478 e. The second-order valence-corrected chi connectivity index (χ2v) is 28.6. The van der Waals surface area contributed by atoms with Gasteiger partial charge in [0.2, 0.25) is 17.6 Å². The van der Waals surface area contributed by atoms with E-state index in [9.17, 15) is 42.9 Å². The standard InChI is InChI=1S/3C32H27FN4O4.CH4/c3*1-20(31-36-28-13-12-24(32(38)39)17-29(28)37(31)14-15-40-2)22-8-10-23(11-9-22)27-4-3-5-30(35-27)41-19-25-7-6-21(18-34)16-26(25)33;/h3*3-13,16-17,20H,14-15,19H2,1-2H3,(H,38,39);1H4. The minimum absolute atomic E-state index is 0. The number of hydrogen-bond acceptors (Lipinski definition) is 18. The molecule has 0 aliphatic heterocycles. The number of carboxylic acids is 3. The Morgan fingerprint density at radius 2 is 0.629 bits per heavy atom. The molecule has 15 rings (SSSR count). The van der Waals surface area contributed by atoms with Crippen LogP contribution in [0, 0.1) is 51.4 Å². The molecule has 9 aromatic carbocycles. The number of imidazole rings is 3. The molecule has 24 nitrogen and oxygen atoms in total. The van der Waals surface area contributed by atoms with E-state index in [0.717, 1.165) is 84.0 Å². The van der Waals surface area contributed by atoms with Gasteiger partial charge in [0.1, 0.15) is 54.7 Å². The fraction of sp³-hybridized carbons (Fsp3) is 0.196. The van der Waals surface area contributed by atoms with Crippen molar-refractivity contribution >= 4 is 51.0 Å². The van der Waals surface area contributed by atoms with Gasteiger partial charge in [-0.15, -0.1) is 0 Å². The zero-order valence-electron chi connectivity index (χ0n) is 67.6. The predicted molar refractivity (Wildman–Crippen MR) is 460 cm³/mol. The molecule has 0 amide bonds. The van der Waals surface area contributed by atoms with Crippen LogP contribution in [-0.2, 0) is 53.7 Å². The fourth-order valence-electron chi connectivity index (χ4n) is 14.0.